The zero-order chi connectivity index (χ0) is 12.6. The summed E-state index contributed by atoms with van der Waals surface area (Å²) in [7, 11) is -1.86. The second-order valence-electron chi connectivity index (χ2n) is 5.53. The lowest BCUT2D eigenvalue weighted by atomic mass is 10.2. The fourth-order valence-corrected chi connectivity index (χ4v) is 2.06. The van der Waals surface area contributed by atoms with Crippen molar-refractivity contribution in [3.63, 3.8) is 0 Å². The van der Waals surface area contributed by atoms with E-state index in [1.165, 1.54) is 6.08 Å². The molecule has 0 saturated carbocycles. The highest BCUT2D eigenvalue weighted by molar-refractivity contribution is 6.74. The molecule has 0 fully saturated rings. The quantitative estimate of drug-likeness (QED) is 0.567. The first-order valence-electron chi connectivity index (χ1n) is 5.36. The number of esters is 1. The first kappa shape index (κ1) is 13.4. The Hall–Kier alpha value is -0.683. The van der Waals surface area contributed by atoms with Gasteiger partial charge in [-0.3, -0.25) is 0 Å². The molecule has 0 spiro atoms. The average Bonchev–Trinajstić information content (AvgIpc) is 2.41. The maximum Gasteiger partial charge on any atom is 0.367 e. The van der Waals surface area contributed by atoms with E-state index in [1.54, 1.807) is 0 Å². The predicted octanol–water partition coefficient (Wildman–Crippen LogP) is 2.79. The van der Waals surface area contributed by atoms with Crippen LogP contribution in [-0.2, 0) is 14.0 Å². The number of rotatable bonds is 3. The summed E-state index contributed by atoms with van der Waals surface area (Å²) in [5.74, 6) is -1.70. The summed E-state index contributed by atoms with van der Waals surface area (Å²) in [4.78, 5) is 10.8. The lowest BCUT2D eigenvalue weighted by Crippen LogP contribution is -2.42. The van der Waals surface area contributed by atoms with E-state index in [-0.39, 0.29) is 11.6 Å². The summed E-state index contributed by atoms with van der Waals surface area (Å²) < 4.78 is 23.4. The zero-order valence-electron chi connectivity index (χ0n) is 10.5. The van der Waals surface area contributed by atoms with Crippen LogP contribution in [0.1, 0.15) is 20.8 Å². The lowest BCUT2D eigenvalue weighted by molar-refractivity contribution is -0.142. The molecule has 1 atom stereocenters. The van der Waals surface area contributed by atoms with Gasteiger partial charge in [-0.1, -0.05) is 20.8 Å². The molecule has 1 aliphatic heterocycles. The summed E-state index contributed by atoms with van der Waals surface area (Å²) in [5.41, 5.74) is 0. The molecule has 1 heterocycles. The molecule has 0 aliphatic carbocycles. The molecule has 92 valence electrons. The van der Waals surface area contributed by atoms with Crippen LogP contribution in [0.15, 0.2) is 11.9 Å². The van der Waals surface area contributed by atoms with Crippen LogP contribution in [0.4, 0.5) is 4.39 Å². The molecule has 5 heteroatoms. The predicted molar refractivity (Wildman–Crippen MR) is 62.2 cm³/mol. The van der Waals surface area contributed by atoms with Gasteiger partial charge in [-0.05, 0) is 18.1 Å². The number of cyclic esters (lactones) is 1. The second kappa shape index (κ2) is 4.29. The van der Waals surface area contributed by atoms with Gasteiger partial charge in [-0.15, -0.1) is 0 Å². The van der Waals surface area contributed by atoms with Crippen molar-refractivity contribution in [1.82, 2.24) is 0 Å². The Kier molecular flexibility index (Phi) is 3.59. The first-order chi connectivity index (χ1) is 7.13. The summed E-state index contributed by atoms with van der Waals surface area (Å²) in [6, 6.07) is 0. The molecule has 16 heavy (non-hydrogen) atoms. The van der Waals surface area contributed by atoms with E-state index in [9.17, 15) is 9.18 Å². The maximum atomic E-state index is 12.8. The molecule has 0 unspecified atom stereocenters. The minimum absolute atomic E-state index is 0.0951. The Bertz CT molecular complexity index is 318. The minimum Gasteiger partial charge on any atom is -0.450 e. The van der Waals surface area contributed by atoms with Gasteiger partial charge >= 0.3 is 5.97 Å². The highest BCUT2D eigenvalue weighted by Gasteiger charge is 2.38. The van der Waals surface area contributed by atoms with Crippen LogP contribution < -0.4 is 0 Å². The molecule has 1 rings (SSSR count). The fourth-order valence-electron chi connectivity index (χ4n) is 1.05. The number of carbonyl (C=O) groups excluding carboxylic acids is 1. The molecule has 0 radical (unpaired) electrons. The Labute approximate surface area is 96.8 Å². The maximum absolute atomic E-state index is 12.8. The zero-order valence-corrected chi connectivity index (χ0v) is 11.5. The number of ether oxygens (including phenoxy) is 1. The largest absolute Gasteiger partial charge is 0.450 e. The van der Waals surface area contributed by atoms with Crippen LogP contribution in [-0.4, -0.2) is 27.0 Å². The van der Waals surface area contributed by atoms with Gasteiger partial charge in [0, 0.05) is 6.08 Å². The van der Waals surface area contributed by atoms with Crippen LogP contribution in [0.3, 0.4) is 0 Å². The van der Waals surface area contributed by atoms with Crippen molar-refractivity contribution in [3.8, 4) is 0 Å². The van der Waals surface area contributed by atoms with Gasteiger partial charge in [0.05, 0.1) is 6.61 Å². The third kappa shape index (κ3) is 2.92. The Morgan fingerprint density at radius 3 is 2.44 bits per heavy atom. The van der Waals surface area contributed by atoms with Crippen molar-refractivity contribution < 1.29 is 18.3 Å². The summed E-state index contributed by atoms with van der Waals surface area (Å²) in [5, 5.41) is 0.0951. The summed E-state index contributed by atoms with van der Waals surface area (Å²) in [6.45, 7) is 10.8. The van der Waals surface area contributed by atoms with Crippen molar-refractivity contribution >= 4 is 14.3 Å². The van der Waals surface area contributed by atoms with Gasteiger partial charge in [0.1, 0.15) is 6.10 Å². The van der Waals surface area contributed by atoms with Gasteiger partial charge in [-0.2, -0.15) is 4.39 Å². The number of hydrogen-bond acceptors (Lipinski definition) is 3. The highest BCUT2D eigenvalue weighted by Crippen LogP contribution is 2.36. The molecule has 0 aromatic carbocycles. The van der Waals surface area contributed by atoms with Crippen molar-refractivity contribution in [2.24, 2.45) is 0 Å². The Morgan fingerprint density at radius 1 is 1.50 bits per heavy atom. The van der Waals surface area contributed by atoms with E-state index in [1.807, 2.05) is 0 Å². The van der Waals surface area contributed by atoms with Crippen molar-refractivity contribution in [3.05, 3.63) is 11.9 Å². The van der Waals surface area contributed by atoms with Gasteiger partial charge in [0.15, 0.2) is 8.32 Å². The molecule has 0 N–H and O–H groups in total. The van der Waals surface area contributed by atoms with Crippen molar-refractivity contribution in [1.29, 1.82) is 0 Å². The number of hydrogen-bond donors (Lipinski definition) is 0. The fraction of sp³-hybridized carbons (Fsp3) is 0.727. The second-order valence-corrected chi connectivity index (χ2v) is 10.3. The normalized spacial score (nSPS) is 22.0. The smallest absolute Gasteiger partial charge is 0.367 e. The number of halogens is 1. The van der Waals surface area contributed by atoms with Crippen LogP contribution in [0.5, 0.6) is 0 Å². The monoisotopic (exact) mass is 246 g/mol. The van der Waals surface area contributed by atoms with Crippen LogP contribution in [0, 0.1) is 0 Å². The van der Waals surface area contributed by atoms with Crippen molar-refractivity contribution in [2.45, 2.75) is 45.0 Å². The molecule has 0 bridgehead atoms. The Balaban J connectivity index is 2.51. The molecule has 0 amide bonds. The average molecular weight is 246 g/mol. The van der Waals surface area contributed by atoms with Gasteiger partial charge < -0.3 is 9.16 Å². The van der Waals surface area contributed by atoms with Gasteiger partial charge in [-0.25, -0.2) is 4.79 Å². The minimum atomic E-state index is -1.86. The topological polar surface area (TPSA) is 35.5 Å². The van der Waals surface area contributed by atoms with E-state index < -0.39 is 26.2 Å². The standard InChI is InChI=1S/C11H19FO3Si/c1-11(2,3)16(4,5)14-7-8-6-9(12)10(13)15-8/h6,8H,7H2,1-5H3/t8-/m0/s1. The van der Waals surface area contributed by atoms with Gasteiger partial charge in [0.25, 0.3) is 0 Å². The van der Waals surface area contributed by atoms with Gasteiger partial charge in [0.2, 0.25) is 5.83 Å². The molecule has 3 nitrogen and oxygen atoms in total. The Morgan fingerprint density at radius 2 is 2.06 bits per heavy atom. The van der Waals surface area contributed by atoms with Crippen LogP contribution >= 0.6 is 0 Å². The van der Waals surface area contributed by atoms with Crippen molar-refractivity contribution in [2.75, 3.05) is 6.61 Å². The molecular formula is C11H19FO3Si. The lowest BCUT2D eigenvalue weighted by Gasteiger charge is -2.36. The summed E-state index contributed by atoms with van der Waals surface area (Å²) >= 11 is 0. The van der Waals surface area contributed by atoms with Crippen LogP contribution in [0.2, 0.25) is 18.1 Å². The van der Waals surface area contributed by atoms with Crippen LogP contribution in [0.25, 0.3) is 0 Å². The molecular weight excluding hydrogens is 227 g/mol. The van der Waals surface area contributed by atoms with E-state index in [4.69, 9.17) is 9.16 Å². The molecule has 0 aromatic heterocycles. The first-order valence-corrected chi connectivity index (χ1v) is 8.26. The van der Waals surface area contributed by atoms with E-state index in [2.05, 4.69) is 33.9 Å². The SMILES string of the molecule is CC(C)(C)[Si](C)(C)OC[C@@H]1C=C(F)C(=O)O1. The molecule has 1 aliphatic rings. The van der Waals surface area contributed by atoms with E-state index >= 15 is 0 Å². The molecule has 0 saturated heterocycles. The van der Waals surface area contributed by atoms with E-state index in [0.29, 0.717) is 0 Å². The third-order valence-corrected chi connectivity index (χ3v) is 7.70. The third-order valence-electron chi connectivity index (χ3n) is 3.20. The van der Waals surface area contributed by atoms with E-state index in [0.717, 1.165) is 0 Å². The highest BCUT2D eigenvalue weighted by atomic mass is 28.4. The molecule has 0 aromatic rings. The summed E-state index contributed by atoms with van der Waals surface area (Å²) in [6.07, 6.45) is 0.608. The number of carbonyl (C=O) groups is 1.